The fourth-order valence-electron chi connectivity index (χ4n) is 3.53. The van der Waals surface area contributed by atoms with Crippen molar-refractivity contribution in [2.45, 2.75) is 9.79 Å². The summed E-state index contributed by atoms with van der Waals surface area (Å²) < 4.78 is 68.7. The predicted octanol–water partition coefficient (Wildman–Crippen LogP) is 5.79. The molecule has 0 aliphatic carbocycles. The van der Waals surface area contributed by atoms with Crippen LogP contribution in [0.2, 0.25) is 0 Å². The van der Waals surface area contributed by atoms with E-state index in [0.29, 0.717) is 5.69 Å². The van der Waals surface area contributed by atoms with Gasteiger partial charge in [-0.3, -0.25) is 9.11 Å². The van der Waals surface area contributed by atoms with Crippen LogP contribution in [0.25, 0.3) is 11.1 Å². The van der Waals surface area contributed by atoms with Crippen LogP contribution >= 0.6 is 0 Å². The molecule has 41 heavy (non-hydrogen) atoms. The van der Waals surface area contributed by atoms with E-state index in [1.165, 1.54) is 42.5 Å². The van der Waals surface area contributed by atoms with Crippen molar-refractivity contribution in [3.8, 4) is 22.6 Å². The van der Waals surface area contributed by atoms with Gasteiger partial charge in [-0.05, 0) is 66.7 Å². The second-order valence-corrected chi connectivity index (χ2v) is 11.0. The van der Waals surface area contributed by atoms with Crippen molar-refractivity contribution < 1.29 is 46.1 Å². The van der Waals surface area contributed by atoms with Crippen LogP contribution in [-0.4, -0.2) is 47.2 Å². The number of carboxylic acid groups (broad SMARTS) is 1. The Morgan fingerprint density at radius 2 is 0.951 bits per heavy atom. The molecule has 0 radical (unpaired) electrons. The number of nitrogens with zero attached hydrogens (tertiary/aromatic N) is 4. The average Bonchev–Trinajstić information content (AvgIpc) is 2.91. The second-order valence-electron chi connectivity index (χ2n) is 8.23. The second kappa shape index (κ2) is 11.2. The van der Waals surface area contributed by atoms with Crippen LogP contribution in [0.5, 0.6) is 11.5 Å². The van der Waals surface area contributed by atoms with Crippen molar-refractivity contribution in [1.82, 2.24) is 0 Å². The van der Waals surface area contributed by atoms with E-state index in [9.17, 15) is 40.9 Å². The molecule has 0 atom stereocenters. The maximum atomic E-state index is 12.2. The summed E-state index contributed by atoms with van der Waals surface area (Å²) in [6, 6.07) is 15.6. The van der Waals surface area contributed by atoms with E-state index in [4.69, 9.17) is 5.11 Å². The Morgan fingerprint density at radius 1 is 0.561 bits per heavy atom. The molecule has 0 aromatic heterocycles. The molecule has 14 nitrogen and oxygen atoms in total. The summed E-state index contributed by atoms with van der Waals surface area (Å²) >= 11 is 0. The first-order chi connectivity index (χ1) is 19.2. The zero-order valence-electron chi connectivity index (χ0n) is 20.4. The van der Waals surface area contributed by atoms with Gasteiger partial charge in [-0.2, -0.15) is 37.3 Å². The SMILES string of the molecule is O=C(O)c1cc(N=Nc2ccc(-c3ccc(N=Nc4ccc(O)cc4)cc3S(=O)(=O)O)c(S(=O)(=O)O)c2)ccc1O. The molecule has 0 aliphatic heterocycles. The highest BCUT2D eigenvalue weighted by Crippen LogP contribution is 2.37. The molecule has 0 heterocycles. The van der Waals surface area contributed by atoms with Crippen LogP contribution in [0.4, 0.5) is 22.7 Å². The van der Waals surface area contributed by atoms with Crippen molar-refractivity contribution in [2.75, 3.05) is 0 Å². The molecule has 0 unspecified atom stereocenters. The first kappa shape index (κ1) is 29.0. The quantitative estimate of drug-likeness (QED) is 0.121. The van der Waals surface area contributed by atoms with E-state index in [1.807, 2.05) is 0 Å². The number of phenols is 2. The van der Waals surface area contributed by atoms with Crippen molar-refractivity contribution in [1.29, 1.82) is 0 Å². The third-order valence-electron chi connectivity index (χ3n) is 5.40. The fourth-order valence-corrected chi connectivity index (χ4v) is 4.98. The summed E-state index contributed by atoms with van der Waals surface area (Å²) in [4.78, 5) is 9.70. The third kappa shape index (κ3) is 6.95. The number of hydrogen-bond donors (Lipinski definition) is 5. The van der Waals surface area contributed by atoms with Crippen molar-refractivity contribution in [2.24, 2.45) is 20.5 Å². The molecule has 0 bridgehead atoms. The van der Waals surface area contributed by atoms with Gasteiger partial charge in [0.1, 0.15) is 26.9 Å². The standard InChI is InChI=1S/C25H18N4O10S2/c30-18-6-1-14(2-7-18)26-28-16-3-8-19(23(12-16)40(34,35)36)20-9-4-17(13-24(20)41(37,38)39)29-27-15-5-10-22(31)21(11-15)25(32)33/h1-13,30-31H,(H,32,33)(H,34,35,36)(H,37,38,39). The Bertz CT molecular complexity index is 1940. The van der Waals surface area contributed by atoms with Crippen molar-refractivity contribution in [3.05, 3.63) is 84.4 Å². The normalized spacial score (nSPS) is 12.2. The molecule has 5 N–H and O–H groups in total. The largest absolute Gasteiger partial charge is 0.508 e. The average molecular weight is 599 g/mol. The zero-order chi connectivity index (χ0) is 29.9. The van der Waals surface area contributed by atoms with E-state index in [-0.39, 0.29) is 33.9 Å². The molecule has 4 rings (SSSR count). The van der Waals surface area contributed by atoms with Crippen LogP contribution < -0.4 is 0 Å². The lowest BCUT2D eigenvalue weighted by molar-refractivity contribution is 0.0693. The van der Waals surface area contributed by atoms with Gasteiger partial charge in [0.05, 0.1) is 22.7 Å². The lowest BCUT2D eigenvalue weighted by Gasteiger charge is -2.12. The predicted molar refractivity (Wildman–Crippen MR) is 143 cm³/mol. The molecular weight excluding hydrogens is 580 g/mol. The number of azo groups is 2. The lowest BCUT2D eigenvalue weighted by atomic mass is 10.0. The van der Waals surface area contributed by atoms with Gasteiger partial charge in [-0.15, -0.1) is 0 Å². The Balaban J connectivity index is 1.77. The minimum atomic E-state index is -4.98. The molecule has 0 spiro atoms. The molecule has 0 fully saturated rings. The number of hydrogen-bond acceptors (Lipinski definition) is 11. The van der Waals surface area contributed by atoms with Crippen LogP contribution in [0.15, 0.2) is 109 Å². The van der Waals surface area contributed by atoms with Gasteiger partial charge in [0, 0.05) is 11.1 Å². The molecule has 210 valence electrons. The van der Waals surface area contributed by atoms with E-state index in [2.05, 4.69) is 20.5 Å². The van der Waals surface area contributed by atoms with Gasteiger partial charge in [0.25, 0.3) is 20.2 Å². The van der Waals surface area contributed by atoms with Gasteiger partial charge in [0.2, 0.25) is 0 Å². The summed E-state index contributed by atoms with van der Waals surface area (Å²) in [5.74, 6) is -1.92. The highest BCUT2D eigenvalue weighted by Gasteiger charge is 2.24. The van der Waals surface area contributed by atoms with E-state index in [1.54, 1.807) is 0 Å². The van der Waals surface area contributed by atoms with Crippen LogP contribution in [0, 0.1) is 0 Å². The molecule has 0 saturated heterocycles. The van der Waals surface area contributed by atoms with Crippen LogP contribution in [0.1, 0.15) is 10.4 Å². The van der Waals surface area contributed by atoms with Crippen molar-refractivity contribution >= 4 is 49.0 Å². The molecule has 4 aromatic carbocycles. The number of benzene rings is 4. The Morgan fingerprint density at radius 3 is 1.39 bits per heavy atom. The number of aromatic hydroxyl groups is 2. The third-order valence-corrected chi connectivity index (χ3v) is 7.19. The molecule has 0 aliphatic rings. The van der Waals surface area contributed by atoms with Crippen molar-refractivity contribution in [3.63, 3.8) is 0 Å². The smallest absolute Gasteiger partial charge is 0.339 e. The van der Waals surface area contributed by atoms with E-state index in [0.717, 1.165) is 36.4 Å². The Hall–Kier alpha value is -5.03. The topological polar surface area (TPSA) is 236 Å². The highest BCUT2D eigenvalue weighted by molar-refractivity contribution is 7.86. The summed E-state index contributed by atoms with van der Waals surface area (Å²) in [7, 11) is -9.93. The Labute approximate surface area is 232 Å². The maximum absolute atomic E-state index is 12.2. The number of phenolic OH excluding ortho intramolecular Hbond substituents is 1. The molecular formula is C25H18N4O10S2. The fraction of sp³-hybridized carbons (Fsp3) is 0. The monoisotopic (exact) mass is 598 g/mol. The number of carboxylic acids is 1. The first-order valence-electron chi connectivity index (χ1n) is 11.1. The summed E-state index contributed by atoms with van der Waals surface area (Å²) in [6.45, 7) is 0. The zero-order valence-corrected chi connectivity index (χ0v) is 22.0. The lowest BCUT2D eigenvalue weighted by Crippen LogP contribution is -2.05. The first-order valence-corrected chi connectivity index (χ1v) is 14.0. The van der Waals surface area contributed by atoms with Gasteiger partial charge in [-0.25, -0.2) is 4.79 Å². The van der Waals surface area contributed by atoms with Crippen LogP contribution in [0.3, 0.4) is 0 Å². The maximum Gasteiger partial charge on any atom is 0.339 e. The molecule has 0 amide bonds. The van der Waals surface area contributed by atoms with Gasteiger partial charge >= 0.3 is 5.97 Å². The molecule has 4 aromatic rings. The van der Waals surface area contributed by atoms with Gasteiger partial charge < -0.3 is 15.3 Å². The summed E-state index contributed by atoms with van der Waals surface area (Å²) in [6.07, 6.45) is 0. The van der Waals surface area contributed by atoms with E-state index < -0.39 is 47.3 Å². The highest BCUT2D eigenvalue weighted by atomic mass is 32.2. The van der Waals surface area contributed by atoms with Gasteiger partial charge in [-0.1, -0.05) is 12.1 Å². The van der Waals surface area contributed by atoms with Gasteiger partial charge in [0.15, 0.2) is 0 Å². The number of rotatable bonds is 8. The van der Waals surface area contributed by atoms with E-state index >= 15 is 0 Å². The summed E-state index contributed by atoms with van der Waals surface area (Å²) in [5.41, 5.74) is -0.870. The Kier molecular flexibility index (Phi) is 7.93. The number of carbonyl (C=O) groups is 1. The molecule has 16 heteroatoms. The molecule has 0 saturated carbocycles. The number of aromatic carboxylic acids is 1. The minimum absolute atomic E-state index is 0.00299. The summed E-state index contributed by atoms with van der Waals surface area (Å²) in [5, 5.41) is 43.5. The minimum Gasteiger partial charge on any atom is -0.508 e. The van der Waals surface area contributed by atoms with Crippen LogP contribution in [-0.2, 0) is 20.2 Å².